The average molecular weight is 417 g/mol. The molecule has 0 radical (unpaired) electrons. The molecule has 1 amide bonds. The summed E-state index contributed by atoms with van der Waals surface area (Å²) < 4.78 is 6.90. The van der Waals surface area contributed by atoms with Gasteiger partial charge in [-0.1, -0.05) is 6.07 Å². The molecule has 1 aromatic carbocycles. The summed E-state index contributed by atoms with van der Waals surface area (Å²) in [5.74, 6) is 1.03. The van der Waals surface area contributed by atoms with E-state index < -0.39 is 6.09 Å². The van der Waals surface area contributed by atoms with Crippen LogP contribution in [0.5, 0.6) is 5.75 Å². The van der Waals surface area contributed by atoms with Crippen molar-refractivity contribution in [2.45, 2.75) is 0 Å². The number of fused-ring (bicyclic) bond motifs is 1. The highest BCUT2D eigenvalue weighted by molar-refractivity contribution is 9.12. The Morgan fingerprint density at radius 2 is 2.20 bits per heavy atom. The number of amides is 1. The van der Waals surface area contributed by atoms with Crippen LogP contribution >= 0.6 is 43.2 Å². The number of benzene rings is 1. The molecule has 0 fully saturated rings. The number of nitrogens with two attached hydrogens (primary N) is 1. The van der Waals surface area contributed by atoms with E-state index in [4.69, 9.17) is 10.5 Å². The van der Waals surface area contributed by atoms with Gasteiger partial charge in [0.15, 0.2) is 5.75 Å². The first kappa shape index (κ1) is 13.6. The number of nitrogens with zero attached hydrogens (tertiary/aromatic N) is 1. The predicted octanol–water partition coefficient (Wildman–Crippen LogP) is 4.27. The van der Waals surface area contributed by atoms with Crippen molar-refractivity contribution >= 4 is 60.3 Å². The average Bonchev–Trinajstić information content (AvgIpc) is 2.92. The lowest BCUT2D eigenvalue weighted by atomic mass is 10.3. The molecule has 0 aliphatic rings. The lowest BCUT2D eigenvalue weighted by Gasteiger charge is -1.99. The fraction of sp³-hybridized carbons (Fsp3) is 0. The van der Waals surface area contributed by atoms with Gasteiger partial charge in [-0.15, -0.1) is 11.3 Å². The Labute approximate surface area is 134 Å². The lowest BCUT2D eigenvalue weighted by molar-refractivity contribution is 0.211. The molecular formula is C12H7Br2N3O2S. The number of rotatable bonds is 2. The van der Waals surface area contributed by atoms with E-state index in [1.165, 1.54) is 0 Å². The zero-order valence-electron chi connectivity index (χ0n) is 9.81. The summed E-state index contributed by atoms with van der Waals surface area (Å²) in [4.78, 5) is 18.6. The summed E-state index contributed by atoms with van der Waals surface area (Å²) in [5.41, 5.74) is 7.32. The molecule has 5 nitrogen and oxygen atoms in total. The van der Waals surface area contributed by atoms with Crippen LogP contribution in [0.15, 0.2) is 31.8 Å². The molecule has 0 atom stereocenters. The molecule has 102 valence electrons. The molecule has 2 aromatic heterocycles. The summed E-state index contributed by atoms with van der Waals surface area (Å²) in [7, 11) is 0. The molecule has 3 rings (SSSR count). The third kappa shape index (κ3) is 2.46. The van der Waals surface area contributed by atoms with E-state index in [0.29, 0.717) is 17.1 Å². The van der Waals surface area contributed by atoms with E-state index in [1.807, 2.05) is 12.1 Å². The van der Waals surface area contributed by atoms with Crippen molar-refractivity contribution in [1.29, 1.82) is 0 Å². The molecule has 0 aliphatic heterocycles. The maximum atomic E-state index is 10.9. The zero-order chi connectivity index (χ0) is 14.3. The topological polar surface area (TPSA) is 81.0 Å². The largest absolute Gasteiger partial charge is 0.410 e. The molecule has 0 aliphatic carbocycles. The van der Waals surface area contributed by atoms with E-state index in [1.54, 1.807) is 23.5 Å². The number of nitrogens with one attached hydrogen (secondary N) is 1. The molecule has 2 heterocycles. The van der Waals surface area contributed by atoms with E-state index in [2.05, 4.69) is 41.8 Å². The van der Waals surface area contributed by atoms with Crippen LogP contribution in [-0.4, -0.2) is 16.1 Å². The highest BCUT2D eigenvalue weighted by atomic mass is 79.9. The molecule has 0 bridgehead atoms. The maximum absolute atomic E-state index is 10.9. The number of carbonyl (C=O) groups excluding carboxylic acids is 1. The number of thiophene rings is 1. The van der Waals surface area contributed by atoms with Gasteiger partial charge in [0.05, 0.1) is 13.1 Å². The van der Waals surface area contributed by atoms with Gasteiger partial charge in [0.1, 0.15) is 11.3 Å². The summed E-state index contributed by atoms with van der Waals surface area (Å²) in [6.07, 6.45) is -0.860. The van der Waals surface area contributed by atoms with Crippen LogP contribution in [0.3, 0.4) is 0 Å². The Morgan fingerprint density at radius 1 is 1.40 bits per heavy atom. The Hall–Kier alpha value is -1.38. The standard InChI is InChI=1S/C12H7Br2N3O2S/c13-8-4-5(10(14)20-8)11-16-6-2-1-3-7(9(6)17-11)19-12(15)18/h1-4H,(H2,15,18)(H,16,17). The van der Waals surface area contributed by atoms with Gasteiger partial charge in [-0.05, 0) is 50.1 Å². The summed E-state index contributed by atoms with van der Waals surface area (Å²) >= 11 is 8.48. The Balaban J connectivity index is 2.15. The first-order valence-electron chi connectivity index (χ1n) is 5.46. The van der Waals surface area contributed by atoms with Gasteiger partial charge >= 0.3 is 6.09 Å². The first-order chi connectivity index (χ1) is 9.54. The van der Waals surface area contributed by atoms with E-state index >= 15 is 0 Å². The van der Waals surface area contributed by atoms with Gasteiger partial charge in [-0.25, -0.2) is 9.78 Å². The number of halogens is 2. The fourth-order valence-electron chi connectivity index (χ4n) is 1.83. The number of hydrogen-bond donors (Lipinski definition) is 2. The molecule has 0 unspecified atom stereocenters. The second kappa shape index (κ2) is 5.19. The van der Waals surface area contributed by atoms with Crippen LogP contribution in [-0.2, 0) is 0 Å². The molecule has 20 heavy (non-hydrogen) atoms. The van der Waals surface area contributed by atoms with Gasteiger partial charge in [0, 0.05) is 5.56 Å². The number of aromatic nitrogens is 2. The van der Waals surface area contributed by atoms with Gasteiger partial charge in [-0.3, -0.25) is 0 Å². The molecular weight excluding hydrogens is 410 g/mol. The number of primary amides is 1. The summed E-state index contributed by atoms with van der Waals surface area (Å²) in [5, 5.41) is 0. The molecule has 0 spiro atoms. The van der Waals surface area contributed by atoms with E-state index in [9.17, 15) is 4.79 Å². The smallest absolute Gasteiger partial charge is 0.408 e. The van der Waals surface area contributed by atoms with Crippen molar-refractivity contribution in [1.82, 2.24) is 9.97 Å². The number of para-hydroxylation sites is 1. The Morgan fingerprint density at radius 3 is 2.85 bits per heavy atom. The fourth-order valence-corrected chi connectivity index (χ4v) is 4.63. The minimum Gasteiger partial charge on any atom is -0.408 e. The van der Waals surface area contributed by atoms with Gasteiger partial charge < -0.3 is 15.5 Å². The Bertz CT molecular complexity index is 812. The minimum atomic E-state index is -0.860. The number of imidazole rings is 1. The van der Waals surface area contributed by atoms with Gasteiger partial charge in [0.2, 0.25) is 0 Å². The third-order valence-corrected chi connectivity index (χ3v) is 4.94. The quantitative estimate of drug-likeness (QED) is 0.654. The highest BCUT2D eigenvalue weighted by Crippen LogP contribution is 2.38. The number of H-pyrrole nitrogens is 1. The second-order valence-corrected chi connectivity index (χ2v) is 7.65. The van der Waals surface area contributed by atoms with E-state index in [-0.39, 0.29) is 0 Å². The van der Waals surface area contributed by atoms with Crippen LogP contribution in [0.4, 0.5) is 4.79 Å². The van der Waals surface area contributed by atoms with E-state index in [0.717, 1.165) is 18.7 Å². The first-order valence-corrected chi connectivity index (χ1v) is 7.86. The lowest BCUT2D eigenvalue weighted by Crippen LogP contribution is -2.16. The zero-order valence-corrected chi connectivity index (χ0v) is 13.8. The number of hydrogen-bond acceptors (Lipinski definition) is 4. The maximum Gasteiger partial charge on any atom is 0.410 e. The molecule has 8 heteroatoms. The van der Waals surface area contributed by atoms with Crippen molar-refractivity contribution in [3.63, 3.8) is 0 Å². The summed E-state index contributed by atoms with van der Waals surface area (Å²) in [6, 6.07) is 7.23. The summed E-state index contributed by atoms with van der Waals surface area (Å²) in [6.45, 7) is 0. The number of carbonyl (C=O) groups is 1. The van der Waals surface area contributed by atoms with Crippen molar-refractivity contribution < 1.29 is 9.53 Å². The van der Waals surface area contributed by atoms with Crippen molar-refractivity contribution in [2.24, 2.45) is 5.73 Å². The molecule has 0 saturated heterocycles. The van der Waals surface area contributed by atoms with Crippen molar-refractivity contribution in [3.05, 3.63) is 31.8 Å². The molecule has 0 saturated carbocycles. The van der Waals surface area contributed by atoms with Crippen LogP contribution in [0.2, 0.25) is 0 Å². The van der Waals surface area contributed by atoms with Crippen molar-refractivity contribution in [3.8, 4) is 17.1 Å². The highest BCUT2D eigenvalue weighted by Gasteiger charge is 2.15. The minimum absolute atomic E-state index is 0.336. The van der Waals surface area contributed by atoms with Crippen LogP contribution < -0.4 is 10.5 Å². The van der Waals surface area contributed by atoms with Crippen molar-refractivity contribution in [2.75, 3.05) is 0 Å². The van der Waals surface area contributed by atoms with Gasteiger partial charge in [0.25, 0.3) is 0 Å². The Kier molecular flexibility index (Phi) is 3.53. The number of aromatic amines is 1. The molecule has 3 N–H and O–H groups in total. The normalized spacial score (nSPS) is 10.9. The monoisotopic (exact) mass is 415 g/mol. The van der Waals surface area contributed by atoms with Crippen LogP contribution in [0.25, 0.3) is 22.4 Å². The predicted molar refractivity (Wildman–Crippen MR) is 85.0 cm³/mol. The van der Waals surface area contributed by atoms with Gasteiger partial charge in [-0.2, -0.15) is 0 Å². The third-order valence-electron chi connectivity index (χ3n) is 2.60. The SMILES string of the molecule is NC(=O)Oc1cccc2[nH]c(-c3cc(Br)sc3Br)nc12. The second-order valence-electron chi connectivity index (χ2n) is 3.90. The van der Waals surface area contributed by atoms with Crippen LogP contribution in [0, 0.1) is 0 Å². The number of ether oxygens (including phenoxy) is 1. The van der Waals surface area contributed by atoms with Crippen LogP contribution in [0.1, 0.15) is 0 Å². The molecule has 3 aromatic rings.